The third kappa shape index (κ3) is 4.88. The van der Waals surface area contributed by atoms with E-state index in [1.807, 2.05) is 39.8 Å². The van der Waals surface area contributed by atoms with E-state index in [4.69, 9.17) is 0 Å². The predicted molar refractivity (Wildman–Crippen MR) is 127 cm³/mol. The molecule has 2 aliphatic heterocycles. The highest BCUT2D eigenvalue weighted by Crippen LogP contribution is 2.56. The Balaban J connectivity index is 1.81. The fourth-order valence-electron chi connectivity index (χ4n) is 4.53. The normalized spacial score (nSPS) is 22.7. The number of benzene rings is 1. The first-order valence-electron chi connectivity index (χ1n) is 11.3. The molecule has 4 atom stereocenters. The molecule has 180 valence electrons. The predicted octanol–water partition coefficient (Wildman–Crippen LogP) is 2.79. The summed E-state index contributed by atoms with van der Waals surface area (Å²) in [7, 11) is 0. The lowest BCUT2D eigenvalue weighted by molar-refractivity contribution is -0.143. The van der Waals surface area contributed by atoms with Crippen LogP contribution >= 0.6 is 11.8 Å². The maximum atomic E-state index is 13.5. The van der Waals surface area contributed by atoms with Crippen molar-refractivity contribution in [3.05, 3.63) is 35.4 Å². The van der Waals surface area contributed by atoms with E-state index >= 15 is 0 Å². The van der Waals surface area contributed by atoms with Crippen molar-refractivity contribution in [3.63, 3.8) is 0 Å². The molecular weight excluding hydrogens is 442 g/mol. The van der Waals surface area contributed by atoms with E-state index in [-0.39, 0.29) is 29.5 Å². The zero-order chi connectivity index (χ0) is 24.7. The van der Waals surface area contributed by atoms with Crippen molar-refractivity contribution < 1.29 is 24.3 Å². The first-order chi connectivity index (χ1) is 15.3. The summed E-state index contributed by atoms with van der Waals surface area (Å²) in [5, 5.41) is 14.6. The van der Waals surface area contributed by atoms with Gasteiger partial charge in [-0.15, -0.1) is 11.8 Å². The Labute approximate surface area is 198 Å². The highest BCUT2D eigenvalue weighted by Gasteiger charge is 2.57. The van der Waals surface area contributed by atoms with Crippen LogP contribution in [0, 0.1) is 11.8 Å². The molecule has 0 aliphatic carbocycles. The SMILES string of the molecule is CC(C)C[C@H](NC(=O)[C@@H](NC(=O)[C@H]1N2C(=O)c3ccccc3C2SC1(C)C)C(C)C)C(=O)O. The molecule has 3 amide bonds. The highest BCUT2D eigenvalue weighted by atomic mass is 32.2. The number of fused-ring (bicyclic) bond motifs is 3. The van der Waals surface area contributed by atoms with Crippen LogP contribution in [0.2, 0.25) is 0 Å². The Kier molecular flexibility index (Phi) is 7.12. The molecule has 8 nitrogen and oxygen atoms in total. The van der Waals surface area contributed by atoms with Gasteiger partial charge in [-0.3, -0.25) is 14.4 Å². The van der Waals surface area contributed by atoms with Crippen LogP contribution < -0.4 is 10.6 Å². The fourth-order valence-corrected chi connectivity index (χ4v) is 6.11. The maximum absolute atomic E-state index is 13.5. The van der Waals surface area contributed by atoms with E-state index in [0.29, 0.717) is 5.56 Å². The Hall–Kier alpha value is -2.55. The highest BCUT2D eigenvalue weighted by molar-refractivity contribution is 8.01. The molecule has 3 rings (SSSR count). The summed E-state index contributed by atoms with van der Waals surface area (Å²) in [6.07, 6.45) is 0.286. The van der Waals surface area contributed by atoms with Crippen LogP contribution in [0.15, 0.2) is 24.3 Å². The second kappa shape index (κ2) is 9.37. The van der Waals surface area contributed by atoms with E-state index in [1.165, 1.54) is 0 Å². The molecule has 1 aromatic carbocycles. The van der Waals surface area contributed by atoms with Gasteiger partial charge < -0.3 is 20.6 Å². The number of thioether (sulfide) groups is 1. The molecule has 2 aliphatic rings. The third-order valence-electron chi connectivity index (χ3n) is 6.11. The topological polar surface area (TPSA) is 116 Å². The average molecular weight is 476 g/mol. The maximum Gasteiger partial charge on any atom is 0.326 e. The van der Waals surface area contributed by atoms with Crippen LogP contribution in [0.1, 0.15) is 69.3 Å². The van der Waals surface area contributed by atoms with Crippen LogP contribution in [-0.4, -0.2) is 56.6 Å². The minimum atomic E-state index is -1.11. The van der Waals surface area contributed by atoms with Gasteiger partial charge in [0.25, 0.3) is 5.91 Å². The first-order valence-corrected chi connectivity index (χ1v) is 12.2. The quantitative estimate of drug-likeness (QED) is 0.533. The van der Waals surface area contributed by atoms with Gasteiger partial charge in [-0.05, 0) is 43.7 Å². The van der Waals surface area contributed by atoms with Crippen molar-refractivity contribution in [2.75, 3.05) is 0 Å². The smallest absolute Gasteiger partial charge is 0.326 e. The molecule has 1 aromatic rings. The number of aliphatic carboxylic acids is 1. The van der Waals surface area contributed by atoms with E-state index in [1.54, 1.807) is 42.6 Å². The minimum absolute atomic E-state index is 0.0783. The lowest BCUT2D eigenvalue weighted by atomic mass is 9.97. The summed E-state index contributed by atoms with van der Waals surface area (Å²) in [5.74, 6) is -2.45. The Morgan fingerprint density at radius 3 is 2.33 bits per heavy atom. The van der Waals surface area contributed by atoms with E-state index < -0.39 is 40.7 Å². The zero-order valence-corrected chi connectivity index (χ0v) is 20.7. The number of hydrogen-bond donors (Lipinski definition) is 3. The van der Waals surface area contributed by atoms with Gasteiger partial charge in [0.15, 0.2) is 0 Å². The molecule has 1 saturated heterocycles. The summed E-state index contributed by atoms with van der Waals surface area (Å²) >= 11 is 1.55. The molecule has 0 bridgehead atoms. The standard InChI is InChI=1S/C24H33N3O5S/c1-12(2)11-16(23(31)32)25-19(28)17(13(3)4)26-20(29)18-24(5,6)33-22-15-10-8-7-9-14(15)21(30)27(18)22/h7-10,12-13,16-18,22H,11H2,1-6H3,(H,25,28)(H,26,29)(H,31,32)/t16-,17-,18+,22?/m0/s1. The lowest BCUT2D eigenvalue weighted by Crippen LogP contribution is -2.59. The molecule has 9 heteroatoms. The fraction of sp³-hybridized carbons (Fsp3) is 0.583. The lowest BCUT2D eigenvalue weighted by Gasteiger charge is -2.32. The van der Waals surface area contributed by atoms with E-state index in [2.05, 4.69) is 10.6 Å². The molecule has 0 spiro atoms. The average Bonchev–Trinajstić information content (AvgIpc) is 3.14. The number of nitrogens with one attached hydrogen (secondary N) is 2. The molecule has 0 radical (unpaired) electrons. The van der Waals surface area contributed by atoms with Gasteiger partial charge in [0.05, 0.1) is 0 Å². The summed E-state index contributed by atoms with van der Waals surface area (Å²) in [6, 6.07) is 4.63. The largest absolute Gasteiger partial charge is 0.480 e. The molecule has 1 unspecified atom stereocenters. The van der Waals surface area contributed by atoms with Crippen molar-refractivity contribution in [1.82, 2.24) is 15.5 Å². The summed E-state index contributed by atoms with van der Waals surface area (Å²) < 4.78 is -0.572. The van der Waals surface area contributed by atoms with Crippen LogP contribution in [-0.2, 0) is 14.4 Å². The van der Waals surface area contributed by atoms with Gasteiger partial charge in [-0.25, -0.2) is 4.79 Å². The molecule has 0 aromatic heterocycles. The Bertz CT molecular complexity index is 961. The molecule has 2 heterocycles. The number of carboxylic acids is 1. The first kappa shape index (κ1) is 25.1. The number of hydrogen-bond acceptors (Lipinski definition) is 5. The third-order valence-corrected chi connectivity index (χ3v) is 7.65. The minimum Gasteiger partial charge on any atom is -0.480 e. The van der Waals surface area contributed by atoms with Crippen LogP contribution in [0.4, 0.5) is 0 Å². The van der Waals surface area contributed by atoms with Gasteiger partial charge in [0.2, 0.25) is 11.8 Å². The Morgan fingerprint density at radius 1 is 1.12 bits per heavy atom. The van der Waals surface area contributed by atoms with Crippen molar-refractivity contribution in [2.24, 2.45) is 11.8 Å². The van der Waals surface area contributed by atoms with E-state index in [0.717, 1.165) is 5.56 Å². The molecule has 3 N–H and O–H groups in total. The number of carboxylic acid groups (broad SMARTS) is 1. The van der Waals surface area contributed by atoms with Gasteiger partial charge >= 0.3 is 5.97 Å². The number of nitrogens with zero attached hydrogens (tertiary/aromatic N) is 1. The van der Waals surface area contributed by atoms with Gasteiger partial charge in [0.1, 0.15) is 23.5 Å². The van der Waals surface area contributed by atoms with Gasteiger partial charge in [-0.2, -0.15) is 0 Å². The van der Waals surface area contributed by atoms with Gasteiger partial charge in [-0.1, -0.05) is 45.9 Å². The summed E-state index contributed by atoms with van der Waals surface area (Å²) in [5.41, 5.74) is 1.49. The summed E-state index contributed by atoms with van der Waals surface area (Å²) in [4.78, 5) is 52.8. The van der Waals surface area contributed by atoms with Crippen LogP contribution in [0.5, 0.6) is 0 Å². The molecular formula is C24H33N3O5S. The second-order valence-corrected chi connectivity index (χ2v) is 11.8. The van der Waals surface area contributed by atoms with Crippen molar-refractivity contribution in [3.8, 4) is 0 Å². The molecule has 33 heavy (non-hydrogen) atoms. The van der Waals surface area contributed by atoms with Crippen LogP contribution in [0.25, 0.3) is 0 Å². The Morgan fingerprint density at radius 2 is 1.76 bits per heavy atom. The number of rotatable bonds is 8. The number of carbonyl (C=O) groups excluding carboxylic acids is 3. The zero-order valence-electron chi connectivity index (χ0n) is 19.9. The van der Waals surface area contributed by atoms with Crippen molar-refractivity contribution in [1.29, 1.82) is 0 Å². The van der Waals surface area contributed by atoms with Crippen LogP contribution in [0.3, 0.4) is 0 Å². The monoisotopic (exact) mass is 475 g/mol. The molecule has 1 fully saturated rings. The number of amides is 3. The van der Waals surface area contributed by atoms with Gasteiger partial charge in [0, 0.05) is 10.3 Å². The second-order valence-electron chi connectivity index (χ2n) is 10.0. The molecule has 0 saturated carbocycles. The summed E-state index contributed by atoms with van der Waals surface area (Å²) in [6.45, 7) is 11.2. The number of carbonyl (C=O) groups is 4. The van der Waals surface area contributed by atoms with Crippen molar-refractivity contribution >= 4 is 35.5 Å². The van der Waals surface area contributed by atoms with Crippen molar-refractivity contribution in [2.45, 2.75) is 76.2 Å². The van der Waals surface area contributed by atoms with E-state index in [9.17, 15) is 24.3 Å².